The fraction of sp³-hybridized carbons (Fsp3) is 0.714. The maximum atomic E-state index is 5.53. The Hall–Kier alpha value is -0.800. The molecule has 1 rings (SSSR count). The van der Waals surface area contributed by atoms with Gasteiger partial charge in [0.25, 0.3) is 0 Å². The Kier molecular flexibility index (Phi) is 6.30. The van der Waals surface area contributed by atoms with Crippen LogP contribution in [-0.4, -0.2) is 26.7 Å². The van der Waals surface area contributed by atoms with E-state index in [1.54, 1.807) is 0 Å². The average Bonchev–Trinajstić information content (AvgIpc) is 2.68. The number of hydrogen-bond acceptors (Lipinski definition) is 3. The van der Waals surface area contributed by atoms with Crippen molar-refractivity contribution in [2.45, 2.75) is 27.2 Å². The highest BCUT2D eigenvalue weighted by Gasteiger charge is 2.11. The summed E-state index contributed by atoms with van der Waals surface area (Å²) in [6, 6.07) is 4.08. The van der Waals surface area contributed by atoms with E-state index in [1.807, 2.05) is 20.0 Å². The van der Waals surface area contributed by atoms with Crippen LogP contribution < -0.4 is 10.6 Å². The smallest absolute Gasteiger partial charge is 0.105 e. The van der Waals surface area contributed by atoms with Gasteiger partial charge >= 0.3 is 0 Å². The molecule has 3 nitrogen and oxygen atoms in total. The molecule has 0 saturated carbocycles. The van der Waals surface area contributed by atoms with Gasteiger partial charge in [-0.1, -0.05) is 13.8 Å². The van der Waals surface area contributed by atoms with Gasteiger partial charge in [-0.2, -0.15) is 0 Å². The van der Waals surface area contributed by atoms with Crippen LogP contribution in [0.5, 0.6) is 0 Å². The van der Waals surface area contributed by atoms with E-state index in [-0.39, 0.29) is 0 Å². The molecule has 0 fully saturated rings. The van der Waals surface area contributed by atoms with Crippen molar-refractivity contribution in [2.75, 3.05) is 26.7 Å². The number of hydrogen-bond donors (Lipinski definition) is 2. The third-order valence-corrected chi connectivity index (χ3v) is 3.16. The fourth-order valence-corrected chi connectivity index (χ4v) is 1.92. The van der Waals surface area contributed by atoms with E-state index in [2.05, 4.69) is 30.5 Å². The molecule has 17 heavy (non-hydrogen) atoms. The number of aryl methyl sites for hydroxylation is 1. The maximum Gasteiger partial charge on any atom is 0.105 e. The van der Waals surface area contributed by atoms with Crippen molar-refractivity contribution >= 4 is 0 Å². The summed E-state index contributed by atoms with van der Waals surface area (Å²) in [7, 11) is 2.01. The van der Waals surface area contributed by atoms with Gasteiger partial charge < -0.3 is 15.1 Å². The van der Waals surface area contributed by atoms with E-state index < -0.39 is 0 Å². The van der Waals surface area contributed by atoms with Gasteiger partial charge in [-0.05, 0) is 51.0 Å². The van der Waals surface area contributed by atoms with Gasteiger partial charge in [-0.3, -0.25) is 0 Å². The summed E-state index contributed by atoms with van der Waals surface area (Å²) in [5.41, 5.74) is 0. The molecule has 98 valence electrons. The van der Waals surface area contributed by atoms with Gasteiger partial charge in [0.1, 0.15) is 11.5 Å². The Morgan fingerprint density at radius 2 is 2.00 bits per heavy atom. The molecule has 1 heterocycles. The summed E-state index contributed by atoms with van der Waals surface area (Å²) in [5.74, 6) is 3.47. The van der Waals surface area contributed by atoms with Crippen LogP contribution >= 0.6 is 0 Å². The Morgan fingerprint density at radius 1 is 1.24 bits per heavy atom. The highest BCUT2D eigenvalue weighted by atomic mass is 16.3. The predicted molar refractivity (Wildman–Crippen MR) is 72.3 cm³/mol. The molecule has 1 aromatic rings. The van der Waals surface area contributed by atoms with Crippen LogP contribution in [0.4, 0.5) is 0 Å². The van der Waals surface area contributed by atoms with E-state index in [4.69, 9.17) is 4.42 Å². The van der Waals surface area contributed by atoms with Gasteiger partial charge in [0, 0.05) is 13.0 Å². The van der Waals surface area contributed by atoms with Crippen LogP contribution in [0, 0.1) is 18.8 Å². The molecular weight excluding hydrogens is 212 g/mol. The number of furan rings is 1. The van der Waals surface area contributed by atoms with Gasteiger partial charge in [0.05, 0.1) is 0 Å². The molecule has 0 aliphatic carbocycles. The molecule has 0 amide bonds. The minimum absolute atomic E-state index is 0.693. The van der Waals surface area contributed by atoms with Gasteiger partial charge in [-0.15, -0.1) is 0 Å². The molecule has 3 heteroatoms. The molecule has 0 spiro atoms. The lowest BCUT2D eigenvalue weighted by atomic mass is 9.96. The summed E-state index contributed by atoms with van der Waals surface area (Å²) >= 11 is 0. The molecule has 1 aromatic heterocycles. The first-order valence-corrected chi connectivity index (χ1v) is 6.54. The largest absolute Gasteiger partial charge is 0.466 e. The average molecular weight is 238 g/mol. The topological polar surface area (TPSA) is 37.2 Å². The Bertz CT molecular complexity index is 307. The molecule has 0 radical (unpaired) electrons. The lowest BCUT2D eigenvalue weighted by molar-refractivity contribution is 0.351. The molecule has 0 bridgehead atoms. The first kappa shape index (κ1) is 14.3. The molecule has 2 N–H and O–H groups in total. The zero-order chi connectivity index (χ0) is 12.7. The van der Waals surface area contributed by atoms with E-state index in [0.717, 1.165) is 37.6 Å². The zero-order valence-electron chi connectivity index (χ0n) is 11.5. The normalized spacial score (nSPS) is 13.2. The quantitative estimate of drug-likeness (QED) is 0.682. The summed E-state index contributed by atoms with van der Waals surface area (Å²) in [4.78, 5) is 0. The van der Waals surface area contributed by atoms with E-state index in [9.17, 15) is 0 Å². The third-order valence-electron chi connectivity index (χ3n) is 3.16. The highest BCUT2D eigenvalue weighted by molar-refractivity contribution is 5.05. The lowest BCUT2D eigenvalue weighted by Crippen LogP contribution is -2.33. The minimum Gasteiger partial charge on any atom is -0.466 e. The second-order valence-electron chi connectivity index (χ2n) is 5.03. The summed E-state index contributed by atoms with van der Waals surface area (Å²) < 4.78 is 5.53. The van der Waals surface area contributed by atoms with Crippen LogP contribution in [-0.2, 0) is 6.42 Å². The molecule has 0 saturated heterocycles. The Balaban J connectivity index is 2.18. The molecule has 1 unspecified atom stereocenters. The summed E-state index contributed by atoms with van der Waals surface area (Å²) in [5, 5.41) is 6.76. The van der Waals surface area contributed by atoms with Crippen LogP contribution in [0.25, 0.3) is 0 Å². The second kappa shape index (κ2) is 7.51. The van der Waals surface area contributed by atoms with E-state index >= 15 is 0 Å². The van der Waals surface area contributed by atoms with Crippen molar-refractivity contribution in [1.82, 2.24) is 10.6 Å². The first-order valence-electron chi connectivity index (χ1n) is 6.54. The maximum absolute atomic E-state index is 5.53. The molecule has 0 aromatic carbocycles. The predicted octanol–water partition coefficient (Wildman–Crippen LogP) is 2.21. The van der Waals surface area contributed by atoms with Crippen LogP contribution in [0.3, 0.4) is 0 Å². The van der Waals surface area contributed by atoms with Crippen LogP contribution in [0.15, 0.2) is 16.5 Å². The number of nitrogens with one attached hydrogen (secondary N) is 2. The molecule has 1 atom stereocenters. The van der Waals surface area contributed by atoms with Crippen molar-refractivity contribution in [1.29, 1.82) is 0 Å². The Morgan fingerprint density at radius 3 is 2.53 bits per heavy atom. The SMILES string of the molecule is CNCC(CNCCc1ccc(C)o1)C(C)C. The van der Waals surface area contributed by atoms with Crippen molar-refractivity contribution in [2.24, 2.45) is 11.8 Å². The zero-order valence-corrected chi connectivity index (χ0v) is 11.5. The second-order valence-corrected chi connectivity index (χ2v) is 5.03. The first-order chi connectivity index (χ1) is 8.13. The molecule has 0 aliphatic heterocycles. The lowest BCUT2D eigenvalue weighted by Gasteiger charge is -2.20. The Labute approximate surface area is 105 Å². The van der Waals surface area contributed by atoms with Crippen LogP contribution in [0.2, 0.25) is 0 Å². The molecular formula is C14H26N2O. The highest BCUT2D eigenvalue weighted by Crippen LogP contribution is 2.09. The monoisotopic (exact) mass is 238 g/mol. The standard InChI is InChI=1S/C14H26N2O/c1-11(2)13(9-15-4)10-16-8-7-14-6-5-12(3)17-14/h5-6,11,13,15-16H,7-10H2,1-4H3. The van der Waals surface area contributed by atoms with Crippen molar-refractivity contribution in [3.05, 3.63) is 23.7 Å². The van der Waals surface area contributed by atoms with Gasteiger partial charge in [0.15, 0.2) is 0 Å². The fourth-order valence-electron chi connectivity index (χ4n) is 1.92. The van der Waals surface area contributed by atoms with E-state index in [1.165, 1.54) is 0 Å². The molecule has 0 aliphatic rings. The van der Waals surface area contributed by atoms with Crippen molar-refractivity contribution < 1.29 is 4.42 Å². The van der Waals surface area contributed by atoms with E-state index in [0.29, 0.717) is 11.8 Å². The minimum atomic E-state index is 0.693. The number of rotatable bonds is 8. The van der Waals surface area contributed by atoms with Gasteiger partial charge in [0.2, 0.25) is 0 Å². The third kappa shape index (κ3) is 5.37. The van der Waals surface area contributed by atoms with Crippen molar-refractivity contribution in [3.63, 3.8) is 0 Å². The summed E-state index contributed by atoms with van der Waals surface area (Å²) in [6.45, 7) is 9.67. The van der Waals surface area contributed by atoms with Gasteiger partial charge in [-0.25, -0.2) is 0 Å². The summed E-state index contributed by atoms with van der Waals surface area (Å²) in [6.07, 6.45) is 0.970. The van der Waals surface area contributed by atoms with Crippen LogP contribution in [0.1, 0.15) is 25.4 Å². The van der Waals surface area contributed by atoms with Crippen molar-refractivity contribution in [3.8, 4) is 0 Å².